The summed E-state index contributed by atoms with van der Waals surface area (Å²) in [4.78, 5) is 4.23. The maximum absolute atomic E-state index is 10.0. The van der Waals surface area contributed by atoms with E-state index in [-0.39, 0.29) is 0 Å². The quantitative estimate of drug-likeness (QED) is 0.841. The summed E-state index contributed by atoms with van der Waals surface area (Å²) in [5.74, 6) is 0.652. The second-order valence-corrected chi connectivity index (χ2v) is 7.08. The molecular weight excluding hydrogens is 324 g/mol. The van der Waals surface area contributed by atoms with Gasteiger partial charge in [0.25, 0.3) is 0 Å². The summed E-state index contributed by atoms with van der Waals surface area (Å²) in [6.07, 6.45) is 5.31. The highest BCUT2D eigenvalue weighted by atomic mass is 35.5. The molecule has 1 aromatic carbocycles. The van der Waals surface area contributed by atoms with Gasteiger partial charge in [0.1, 0.15) is 12.4 Å². The van der Waals surface area contributed by atoms with Gasteiger partial charge in [0.15, 0.2) is 0 Å². The first-order chi connectivity index (χ1) is 11.5. The maximum atomic E-state index is 10.0. The average Bonchev–Trinajstić information content (AvgIpc) is 2.57. The van der Waals surface area contributed by atoms with Crippen LogP contribution < -0.4 is 10.1 Å². The van der Waals surface area contributed by atoms with Gasteiger partial charge < -0.3 is 15.2 Å². The fourth-order valence-electron chi connectivity index (χ4n) is 2.96. The smallest absolute Gasteiger partial charge is 0.138 e. The zero-order chi connectivity index (χ0) is 17.0. The molecule has 0 amide bonds. The van der Waals surface area contributed by atoms with Gasteiger partial charge in [-0.05, 0) is 62.9 Å². The second kappa shape index (κ2) is 7.41. The number of aromatic nitrogens is 1. The number of nitrogens with zero attached hydrogens (tertiary/aromatic N) is 1. The van der Waals surface area contributed by atoms with E-state index in [1.165, 1.54) is 0 Å². The fourth-order valence-corrected chi connectivity index (χ4v) is 3.20. The van der Waals surface area contributed by atoms with E-state index >= 15 is 0 Å². The number of rotatable bonds is 5. The predicted molar refractivity (Wildman–Crippen MR) is 96.5 cm³/mol. The Labute approximate surface area is 147 Å². The third-order valence-electron chi connectivity index (χ3n) is 4.47. The van der Waals surface area contributed by atoms with Gasteiger partial charge in [-0.3, -0.25) is 4.98 Å². The molecule has 5 heteroatoms. The SMILES string of the molecule is CC1(O)CCC(Nc2ccc(OCc3ccccn3)c(Cl)c2)CC1. The number of ether oxygens (including phenoxy) is 1. The molecule has 1 aliphatic rings. The van der Waals surface area contributed by atoms with Crippen molar-refractivity contribution in [2.24, 2.45) is 0 Å². The average molecular weight is 347 g/mol. The zero-order valence-electron chi connectivity index (χ0n) is 13.8. The molecule has 4 nitrogen and oxygen atoms in total. The summed E-state index contributed by atoms with van der Waals surface area (Å²) in [7, 11) is 0. The zero-order valence-corrected chi connectivity index (χ0v) is 14.6. The number of pyridine rings is 1. The number of aliphatic hydroxyl groups is 1. The van der Waals surface area contributed by atoms with E-state index in [0.717, 1.165) is 37.1 Å². The Morgan fingerprint density at radius 2 is 2.08 bits per heavy atom. The molecule has 0 atom stereocenters. The molecule has 128 valence electrons. The Balaban J connectivity index is 1.56. The molecule has 0 bridgehead atoms. The molecule has 1 heterocycles. The first-order valence-electron chi connectivity index (χ1n) is 8.33. The van der Waals surface area contributed by atoms with Crippen molar-refractivity contribution in [3.63, 3.8) is 0 Å². The second-order valence-electron chi connectivity index (χ2n) is 6.67. The van der Waals surface area contributed by atoms with Crippen LogP contribution in [0.2, 0.25) is 5.02 Å². The molecular formula is C19H23ClN2O2. The molecule has 24 heavy (non-hydrogen) atoms. The Morgan fingerprint density at radius 1 is 1.29 bits per heavy atom. The molecule has 1 saturated carbocycles. The van der Waals surface area contributed by atoms with Gasteiger partial charge in [-0.25, -0.2) is 0 Å². The van der Waals surface area contributed by atoms with Crippen molar-refractivity contribution in [1.82, 2.24) is 4.98 Å². The van der Waals surface area contributed by atoms with E-state index in [9.17, 15) is 5.11 Å². The van der Waals surface area contributed by atoms with E-state index in [1.54, 1.807) is 6.20 Å². The molecule has 0 spiro atoms. The number of hydrogen-bond donors (Lipinski definition) is 2. The molecule has 2 aromatic rings. The molecule has 1 fully saturated rings. The van der Waals surface area contributed by atoms with E-state index < -0.39 is 5.60 Å². The van der Waals surface area contributed by atoms with Crippen molar-refractivity contribution in [2.45, 2.75) is 50.9 Å². The van der Waals surface area contributed by atoms with Crippen molar-refractivity contribution in [2.75, 3.05) is 5.32 Å². The van der Waals surface area contributed by atoms with Crippen molar-refractivity contribution < 1.29 is 9.84 Å². The molecule has 0 unspecified atom stereocenters. The summed E-state index contributed by atoms with van der Waals surface area (Å²) < 4.78 is 5.74. The number of hydrogen-bond acceptors (Lipinski definition) is 4. The summed E-state index contributed by atoms with van der Waals surface area (Å²) in [5.41, 5.74) is 1.33. The van der Waals surface area contributed by atoms with Crippen molar-refractivity contribution in [3.05, 3.63) is 53.3 Å². The number of benzene rings is 1. The lowest BCUT2D eigenvalue weighted by molar-refractivity contribution is 0.0196. The van der Waals surface area contributed by atoms with E-state index in [0.29, 0.717) is 23.4 Å². The van der Waals surface area contributed by atoms with Crippen LogP contribution in [-0.4, -0.2) is 21.7 Å². The monoisotopic (exact) mass is 346 g/mol. The van der Waals surface area contributed by atoms with Crippen LogP contribution in [0.4, 0.5) is 5.69 Å². The predicted octanol–water partition coefficient (Wildman–Crippen LogP) is 4.42. The fraction of sp³-hybridized carbons (Fsp3) is 0.421. The summed E-state index contributed by atoms with van der Waals surface area (Å²) in [6.45, 7) is 2.30. The minimum atomic E-state index is -0.515. The number of anilines is 1. The highest BCUT2D eigenvalue weighted by molar-refractivity contribution is 6.32. The van der Waals surface area contributed by atoms with Gasteiger partial charge in [0.05, 0.1) is 16.3 Å². The molecule has 0 radical (unpaired) electrons. The minimum absolute atomic E-state index is 0.376. The van der Waals surface area contributed by atoms with Gasteiger partial charge in [-0.1, -0.05) is 17.7 Å². The van der Waals surface area contributed by atoms with Gasteiger partial charge in [-0.15, -0.1) is 0 Å². The van der Waals surface area contributed by atoms with E-state index in [2.05, 4.69) is 10.3 Å². The summed E-state index contributed by atoms with van der Waals surface area (Å²) >= 11 is 6.33. The van der Waals surface area contributed by atoms with Crippen LogP contribution >= 0.6 is 11.6 Å². The Kier molecular flexibility index (Phi) is 5.27. The van der Waals surface area contributed by atoms with Crippen molar-refractivity contribution >= 4 is 17.3 Å². The Hall–Kier alpha value is -1.78. The Morgan fingerprint density at radius 3 is 2.75 bits per heavy atom. The lowest BCUT2D eigenvalue weighted by Gasteiger charge is -2.33. The van der Waals surface area contributed by atoms with Gasteiger partial charge in [-0.2, -0.15) is 0 Å². The van der Waals surface area contributed by atoms with E-state index in [1.807, 2.05) is 43.3 Å². The number of halogens is 1. The van der Waals surface area contributed by atoms with E-state index in [4.69, 9.17) is 16.3 Å². The normalized spacial score (nSPS) is 23.7. The lowest BCUT2D eigenvalue weighted by Crippen LogP contribution is -2.35. The Bertz CT molecular complexity index is 666. The molecule has 0 saturated heterocycles. The third kappa shape index (κ3) is 4.62. The van der Waals surface area contributed by atoms with Crippen LogP contribution in [0, 0.1) is 0 Å². The lowest BCUT2D eigenvalue weighted by atomic mass is 9.83. The first-order valence-corrected chi connectivity index (χ1v) is 8.71. The van der Waals surface area contributed by atoms with Gasteiger partial charge in [0.2, 0.25) is 0 Å². The summed E-state index contributed by atoms with van der Waals surface area (Å²) in [6, 6.07) is 11.9. The third-order valence-corrected chi connectivity index (χ3v) is 4.76. The highest BCUT2D eigenvalue weighted by Gasteiger charge is 2.28. The van der Waals surface area contributed by atoms with Crippen LogP contribution in [-0.2, 0) is 6.61 Å². The number of nitrogens with one attached hydrogen (secondary N) is 1. The van der Waals surface area contributed by atoms with Gasteiger partial charge in [0, 0.05) is 17.9 Å². The van der Waals surface area contributed by atoms with Crippen LogP contribution in [0.5, 0.6) is 5.75 Å². The highest BCUT2D eigenvalue weighted by Crippen LogP contribution is 2.32. The maximum Gasteiger partial charge on any atom is 0.138 e. The van der Waals surface area contributed by atoms with Crippen molar-refractivity contribution in [3.8, 4) is 5.75 Å². The van der Waals surface area contributed by atoms with Crippen LogP contribution in [0.25, 0.3) is 0 Å². The van der Waals surface area contributed by atoms with Crippen molar-refractivity contribution in [1.29, 1.82) is 0 Å². The molecule has 2 N–H and O–H groups in total. The standard InChI is InChI=1S/C19H23ClN2O2/c1-19(23)9-7-14(8-10-19)22-15-5-6-18(17(20)12-15)24-13-16-4-2-3-11-21-16/h2-6,11-12,14,22-23H,7-10,13H2,1H3. The topological polar surface area (TPSA) is 54.4 Å². The summed E-state index contributed by atoms with van der Waals surface area (Å²) in [5, 5.41) is 14.1. The van der Waals surface area contributed by atoms with Crippen LogP contribution in [0.3, 0.4) is 0 Å². The first kappa shape index (κ1) is 17.1. The molecule has 1 aliphatic carbocycles. The molecule has 3 rings (SSSR count). The molecule has 0 aliphatic heterocycles. The van der Waals surface area contributed by atoms with Gasteiger partial charge >= 0.3 is 0 Å². The minimum Gasteiger partial charge on any atom is -0.486 e. The van der Waals surface area contributed by atoms with Crippen LogP contribution in [0.15, 0.2) is 42.6 Å². The van der Waals surface area contributed by atoms with Crippen LogP contribution in [0.1, 0.15) is 38.3 Å². The molecule has 1 aromatic heterocycles. The largest absolute Gasteiger partial charge is 0.486 e.